The molecule has 3 rings (SSSR count). The molecule has 1 aliphatic heterocycles. The molecule has 4 N–H and O–H groups in total. The van der Waals surface area contributed by atoms with Gasteiger partial charge in [-0.25, -0.2) is 0 Å². The summed E-state index contributed by atoms with van der Waals surface area (Å²) in [5.41, 5.74) is 7.21. The zero-order valence-electron chi connectivity index (χ0n) is 15.3. The van der Waals surface area contributed by atoms with Gasteiger partial charge in [-0.05, 0) is 56.8 Å². The summed E-state index contributed by atoms with van der Waals surface area (Å²) in [6.45, 7) is 1.41. The average Bonchev–Trinajstić information content (AvgIpc) is 2.89. The van der Waals surface area contributed by atoms with E-state index in [0.29, 0.717) is 43.4 Å². The molecule has 7 heteroatoms. The molecule has 1 aliphatic carbocycles. The van der Waals surface area contributed by atoms with Crippen LogP contribution in [0.15, 0.2) is 18.2 Å². The third-order valence-electron chi connectivity index (χ3n) is 5.30. The zero-order chi connectivity index (χ0) is 19.4. The lowest BCUT2D eigenvalue weighted by atomic mass is 9.88. The molecule has 1 aromatic carbocycles. The first kappa shape index (κ1) is 19.2. The van der Waals surface area contributed by atoms with Crippen molar-refractivity contribution in [2.24, 2.45) is 17.6 Å². The lowest BCUT2D eigenvalue weighted by Gasteiger charge is -2.21. The number of carbonyl (C=O) groups is 4. The highest BCUT2D eigenvalue weighted by Gasteiger charge is 2.39. The molecule has 0 bridgehead atoms. The van der Waals surface area contributed by atoms with Gasteiger partial charge in [-0.1, -0.05) is 0 Å². The normalized spacial score (nSPS) is 22.0. The van der Waals surface area contributed by atoms with E-state index in [1.807, 2.05) is 6.07 Å². The summed E-state index contributed by atoms with van der Waals surface area (Å²) in [7, 11) is 0. The Balaban J connectivity index is 1.61. The van der Waals surface area contributed by atoms with Crippen molar-refractivity contribution in [3.8, 4) is 0 Å². The van der Waals surface area contributed by atoms with Crippen molar-refractivity contribution < 1.29 is 19.2 Å². The predicted molar refractivity (Wildman–Crippen MR) is 100 cm³/mol. The third kappa shape index (κ3) is 4.24. The average molecular weight is 371 g/mol. The SMILES string of the molecule is NCCCCNc1ccc2c(c1)C(=O)C(CCC1CCC(=O)NC1=O)C2=O. The van der Waals surface area contributed by atoms with Gasteiger partial charge in [-0.2, -0.15) is 0 Å². The van der Waals surface area contributed by atoms with Gasteiger partial charge in [0.1, 0.15) is 0 Å². The van der Waals surface area contributed by atoms with Gasteiger partial charge in [0, 0.05) is 35.7 Å². The lowest BCUT2D eigenvalue weighted by Crippen LogP contribution is -2.40. The highest BCUT2D eigenvalue weighted by molar-refractivity contribution is 6.26. The minimum Gasteiger partial charge on any atom is -0.385 e. The van der Waals surface area contributed by atoms with E-state index in [0.717, 1.165) is 25.1 Å². The Hall–Kier alpha value is -2.54. The van der Waals surface area contributed by atoms with Crippen molar-refractivity contribution in [3.05, 3.63) is 29.3 Å². The van der Waals surface area contributed by atoms with Gasteiger partial charge in [0.05, 0.1) is 5.92 Å². The van der Waals surface area contributed by atoms with E-state index < -0.39 is 5.92 Å². The molecular weight excluding hydrogens is 346 g/mol. The number of benzene rings is 1. The lowest BCUT2D eigenvalue weighted by molar-refractivity contribution is -0.136. The number of hydrogen-bond donors (Lipinski definition) is 3. The number of nitrogens with two attached hydrogens (primary N) is 1. The number of imide groups is 1. The molecule has 2 unspecified atom stereocenters. The number of amides is 2. The summed E-state index contributed by atoms with van der Waals surface area (Å²) < 4.78 is 0. The minimum absolute atomic E-state index is 0.169. The molecule has 0 radical (unpaired) electrons. The first-order valence-corrected chi connectivity index (χ1v) is 9.51. The second kappa shape index (κ2) is 8.43. The molecule has 1 fully saturated rings. The third-order valence-corrected chi connectivity index (χ3v) is 5.30. The van der Waals surface area contributed by atoms with Gasteiger partial charge < -0.3 is 11.1 Å². The van der Waals surface area contributed by atoms with Gasteiger partial charge in [0.2, 0.25) is 11.8 Å². The van der Waals surface area contributed by atoms with Crippen molar-refractivity contribution in [3.63, 3.8) is 0 Å². The number of ketones is 2. The highest BCUT2D eigenvalue weighted by Crippen LogP contribution is 2.33. The van der Waals surface area contributed by atoms with Crippen LogP contribution < -0.4 is 16.4 Å². The Morgan fingerprint density at radius 2 is 1.81 bits per heavy atom. The Bertz CT molecular complexity index is 774. The summed E-state index contributed by atoms with van der Waals surface area (Å²) in [6, 6.07) is 5.26. The second-order valence-electron chi connectivity index (χ2n) is 7.19. The van der Waals surface area contributed by atoms with Crippen molar-refractivity contribution in [1.82, 2.24) is 5.32 Å². The van der Waals surface area contributed by atoms with Crippen LogP contribution in [0.4, 0.5) is 5.69 Å². The molecule has 144 valence electrons. The number of rotatable bonds is 8. The number of fused-ring (bicyclic) bond motifs is 1. The zero-order valence-corrected chi connectivity index (χ0v) is 15.3. The number of Topliss-reactive ketones (excluding diaryl/α,β-unsaturated/α-hetero) is 2. The smallest absolute Gasteiger partial charge is 0.229 e. The minimum atomic E-state index is -0.724. The molecule has 0 spiro atoms. The van der Waals surface area contributed by atoms with Crippen LogP contribution in [-0.4, -0.2) is 36.5 Å². The van der Waals surface area contributed by atoms with Crippen LogP contribution in [0.1, 0.15) is 59.2 Å². The van der Waals surface area contributed by atoms with E-state index in [-0.39, 0.29) is 29.3 Å². The van der Waals surface area contributed by atoms with Crippen LogP contribution in [0.5, 0.6) is 0 Å². The fraction of sp³-hybridized carbons (Fsp3) is 0.500. The summed E-state index contributed by atoms with van der Waals surface area (Å²) in [5, 5.41) is 5.57. The molecule has 1 heterocycles. The van der Waals surface area contributed by atoms with Crippen LogP contribution in [0.2, 0.25) is 0 Å². The molecule has 1 aromatic rings. The summed E-state index contributed by atoms with van der Waals surface area (Å²) in [6.07, 6.45) is 3.41. The second-order valence-corrected chi connectivity index (χ2v) is 7.19. The van der Waals surface area contributed by atoms with Crippen molar-refractivity contribution in [2.45, 2.75) is 38.5 Å². The standard InChI is InChI=1S/C20H25N3O4/c21-9-1-2-10-22-13-5-7-14-16(11-13)19(26)15(18(14)25)6-3-12-4-8-17(24)23-20(12)27/h5,7,11-12,15,22H,1-4,6,8-10,21H2,(H,23,24,27). The van der Waals surface area contributed by atoms with Crippen LogP contribution in [-0.2, 0) is 9.59 Å². The molecule has 2 aliphatic rings. The van der Waals surface area contributed by atoms with Crippen molar-refractivity contribution >= 4 is 29.1 Å². The van der Waals surface area contributed by atoms with Crippen LogP contribution in [0.3, 0.4) is 0 Å². The predicted octanol–water partition coefficient (Wildman–Crippen LogP) is 1.67. The van der Waals surface area contributed by atoms with E-state index >= 15 is 0 Å². The highest BCUT2D eigenvalue weighted by atomic mass is 16.2. The van der Waals surface area contributed by atoms with Crippen molar-refractivity contribution in [2.75, 3.05) is 18.4 Å². The first-order valence-electron chi connectivity index (χ1n) is 9.51. The van der Waals surface area contributed by atoms with E-state index in [4.69, 9.17) is 5.73 Å². The van der Waals surface area contributed by atoms with E-state index in [2.05, 4.69) is 10.6 Å². The molecule has 0 aromatic heterocycles. The molecule has 27 heavy (non-hydrogen) atoms. The summed E-state index contributed by atoms with van der Waals surface area (Å²) >= 11 is 0. The van der Waals surface area contributed by atoms with E-state index in [1.54, 1.807) is 12.1 Å². The maximum absolute atomic E-state index is 12.7. The van der Waals surface area contributed by atoms with Gasteiger partial charge in [0.15, 0.2) is 11.6 Å². The summed E-state index contributed by atoms with van der Waals surface area (Å²) in [5.74, 6) is -1.94. The fourth-order valence-corrected chi connectivity index (χ4v) is 3.71. The quantitative estimate of drug-likeness (QED) is 0.363. The van der Waals surface area contributed by atoms with E-state index in [9.17, 15) is 19.2 Å². The van der Waals surface area contributed by atoms with Crippen LogP contribution in [0, 0.1) is 11.8 Å². The Morgan fingerprint density at radius 1 is 1.04 bits per heavy atom. The first-order chi connectivity index (χ1) is 13.0. The monoisotopic (exact) mass is 371 g/mol. The number of hydrogen-bond acceptors (Lipinski definition) is 6. The Kier molecular flexibility index (Phi) is 6.01. The van der Waals surface area contributed by atoms with Crippen LogP contribution >= 0.6 is 0 Å². The molecule has 1 saturated heterocycles. The van der Waals surface area contributed by atoms with Gasteiger partial charge in [0.25, 0.3) is 0 Å². The number of nitrogens with one attached hydrogen (secondary N) is 2. The number of carbonyl (C=O) groups excluding carboxylic acids is 4. The maximum atomic E-state index is 12.7. The molecule has 2 atom stereocenters. The van der Waals surface area contributed by atoms with Gasteiger partial charge >= 0.3 is 0 Å². The van der Waals surface area contributed by atoms with Crippen LogP contribution in [0.25, 0.3) is 0 Å². The summed E-state index contributed by atoms with van der Waals surface area (Å²) in [4.78, 5) is 48.4. The largest absolute Gasteiger partial charge is 0.385 e. The molecule has 0 saturated carbocycles. The number of unbranched alkanes of at least 4 members (excludes halogenated alkanes) is 1. The van der Waals surface area contributed by atoms with E-state index in [1.165, 1.54) is 0 Å². The maximum Gasteiger partial charge on any atom is 0.229 e. The Labute approximate surface area is 158 Å². The van der Waals surface area contributed by atoms with Gasteiger partial charge in [-0.15, -0.1) is 0 Å². The number of anilines is 1. The van der Waals surface area contributed by atoms with Gasteiger partial charge in [-0.3, -0.25) is 24.5 Å². The van der Waals surface area contributed by atoms with Crippen molar-refractivity contribution in [1.29, 1.82) is 0 Å². The topological polar surface area (TPSA) is 118 Å². The Morgan fingerprint density at radius 3 is 2.56 bits per heavy atom. The fourth-order valence-electron chi connectivity index (χ4n) is 3.71. The molecule has 7 nitrogen and oxygen atoms in total. The number of piperidine rings is 1. The molecule has 2 amide bonds. The molecular formula is C20H25N3O4.